The molecule has 0 aliphatic rings. The Morgan fingerprint density at radius 2 is 0.920 bits per heavy atom. The third-order valence-electron chi connectivity index (χ3n) is 9.47. The number of benzene rings is 7. The summed E-state index contributed by atoms with van der Waals surface area (Å²) in [4.78, 5) is 15.3. The molecular weight excluding hydrogens is 613 g/mol. The van der Waals surface area contributed by atoms with Gasteiger partial charge in [0.15, 0.2) is 17.5 Å². The quantitative estimate of drug-likeness (QED) is 0.188. The van der Waals surface area contributed by atoms with Crippen molar-refractivity contribution in [1.29, 1.82) is 0 Å². The van der Waals surface area contributed by atoms with Crippen LogP contribution < -0.4 is 0 Å². The number of fused-ring (bicyclic) bond motifs is 6. The van der Waals surface area contributed by atoms with Gasteiger partial charge in [0.25, 0.3) is 0 Å². The third kappa shape index (κ3) is 4.60. The highest BCUT2D eigenvalue weighted by atomic mass is 16.3. The standard InChI is InChI=1S/C45H28N4O/c1-3-13-29(14-4-1)30-23-25-32(26-24-30)44-46-43(31-15-5-2-6-16-31)47-45(48-44)35-19-8-11-21-39(35)49-38-20-10-7-17-33(38)36-28-42-37(27-40(36)49)34-18-9-12-22-41(34)50-42/h1-28H. The van der Waals surface area contributed by atoms with Crippen LogP contribution in [0.15, 0.2) is 174 Å². The predicted molar refractivity (Wildman–Crippen MR) is 203 cm³/mol. The van der Waals surface area contributed by atoms with Crippen molar-refractivity contribution in [2.45, 2.75) is 0 Å². The number of aromatic nitrogens is 4. The second-order valence-electron chi connectivity index (χ2n) is 12.4. The molecule has 3 aromatic heterocycles. The Hall–Kier alpha value is -6.85. The van der Waals surface area contributed by atoms with E-state index in [4.69, 9.17) is 19.4 Å². The molecule has 10 aromatic rings. The van der Waals surface area contributed by atoms with Crippen molar-refractivity contribution in [2.75, 3.05) is 0 Å². The predicted octanol–water partition coefficient (Wildman–Crippen LogP) is 11.5. The van der Waals surface area contributed by atoms with Crippen LogP contribution in [-0.2, 0) is 0 Å². The summed E-state index contributed by atoms with van der Waals surface area (Å²) in [7, 11) is 0. The van der Waals surface area contributed by atoms with Gasteiger partial charge in [0.05, 0.1) is 16.7 Å². The van der Waals surface area contributed by atoms with E-state index in [1.54, 1.807) is 0 Å². The van der Waals surface area contributed by atoms with E-state index in [2.05, 4.69) is 126 Å². The van der Waals surface area contributed by atoms with E-state index in [-0.39, 0.29) is 0 Å². The Morgan fingerprint density at radius 3 is 1.70 bits per heavy atom. The summed E-state index contributed by atoms with van der Waals surface area (Å²) in [6.07, 6.45) is 0. The van der Waals surface area contributed by atoms with Gasteiger partial charge in [0.1, 0.15) is 11.2 Å². The molecule has 0 aliphatic carbocycles. The molecule has 234 valence electrons. The summed E-state index contributed by atoms with van der Waals surface area (Å²) in [5.74, 6) is 1.86. The lowest BCUT2D eigenvalue weighted by atomic mass is 10.0. The average molecular weight is 641 g/mol. The lowest BCUT2D eigenvalue weighted by Gasteiger charge is -2.14. The third-order valence-corrected chi connectivity index (χ3v) is 9.47. The minimum atomic E-state index is 0.609. The fraction of sp³-hybridized carbons (Fsp3) is 0. The smallest absolute Gasteiger partial charge is 0.166 e. The van der Waals surface area contributed by atoms with E-state index < -0.39 is 0 Å². The van der Waals surface area contributed by atoms with Gasteiger partial charge in [0.2, 0.25) is 0 Å². The minimum Gasteiger partial charge on any atom is -0.456 e. The van der Waals surface area contributed by atoms with E-state index in [9.17, 15) is 0 Å². The molecule has 0 spiro atoms. The highest BCUT2D eigenvalue weighted by molar-refractivity contribution is 6.17. The molecule has 50 heavy (non-hydrogen) atoms. The van der Waals surface area contributed by atoms with Gasteiger partial charge < -0.3 is 8.98 Å². The van der Waals surface area contributed by atoms with Crippen LogP contribution in [0.2, 0.25) is 0 Å². The Morgan fingerprint density at radius 1 is 0.360 bits per heavy atom. The second kappa shape index (κ2) is 11.4. The summed E-state index contributed by atoms with van der Waals surface area (Å²) >= 11 is 0. The fourth-order valence-electron chi connectivity index (χ4n) is 7.09. The highest BCUT2D eigenvalue weighted by Gasteiger charge is 2.20. The zero-order valence-corrected chi connectivity index (χ0v) is 26.9. The molecule has 0 bridgehead atoms. The van der Waals surface area contributed by atoms with E-state index in [0.717, 1.165) is 71.7 Å². The van der Waals surface area contributed by atoms with Crippen molar-refractivity contribution < 1.29 is 4.42 Å². The normalized spacial score (nSPS) is 11.6. The first-order valence-electron chi connectivity index (χ1n) is 16.7. The lowest BCUT2D eigenvalue weighted by Crippen LogP contribution is -2.03. The first-order valence-corrected chi connectivity index (χ1v) is 16.7. The number of nitrogens with zero attached hydrogens (tertiary/aromatic N) is 4. The molecule has 0 unspecified atom stereocenters. The van der Waals surface area contributed by atoms with Crippen molar-refractivity contribution in [1.82, 2.24) is 19.5 Å². The van der Waals surface area contributed by atoms with Crippen LogP contribution in [0.3, 0.4) is 0 Å². The van der Waals surface area contributed by atoms with Gasteiger partial charge in [-0.25, -0.2) is 15.0 Å². The summed E-state index contributed by atoms with van der Waals surface area (Å²) in [6, 6.07) is 58.5. The average Bonchev–Trinajstić information content (AvgIpc) is 3.72. The largest absolute Gasteiger partial charge is 0.456 e. The number of para-hydroxylation sites is 3. The van der Waals surface area contributed by atoms with Crippen molar-refractivity contribution in [3.05, 3.63) is 170 Å². The maximum atomic E-state index is 6.32. The van der Waals surface area contributed by atoms with Crippen LogP contribution in [0, 0.1) is 0 Å². The van der Waals surface area contributed by atoms with E-state index >= 15 is 0 Å². The Kier molecular flexibility index (Phi) is 6.42. The minimum absolute atomic E-state index is 0.609. The molecule has 10 rings (SSSR count). The molecule has 0 aliphatic heterocycles. The van der Waals surface area contributed by atoms with Crippen LogP contribution in [-0.4, -0.2) is 19.5 Å². The Bertz CT molecular complexity index is 2850. The van der Waals surface area contributed by atoms with Gasteiger partial charge in [-0.3, -0.25) is 0 Å². The molecule has 0 N–H and O–H groups in total. The zero-order chi connectivity index (χ0) is 33.0. The maximum absolute atomic E-state index is 6.32. The SMILES string of the molecule is c1ccc(-c2ccc(-c3nc(-c4ccccc4)nc(-c4ccccc4-n4c5ccccc5c5cc6oc7ccccc7c6cc54)n3)cc2)cc1. The molecule has 0 amide bonds. The maximum Gasteiger partial charge on any atom is 0.166 e. The number of hydrogen-bond acceptors (Lipinski definition) is 4. The van der Waals surface area contributed by atoms with Crippen LogP contribution in [0.5, 0.6) is 0 Å². The number of hydrogen-bond donors (Lipinski definition) is 0. The van der Waals surface area contributed by atoms with Crippen molar-refractivity contribution in [3.63, 3.8) is 0 Å². The fourth-order valence-corrected chi connectivity index (χ4v) is 7.09. The van der Waals surface area contributed by atoms with E-state index in [1.807, 2.05) is 48.5 Å². The van der Waals surface area contributed by atoms with Gasteiger partial charge in [0, 0.05) is 38.2 Å². The van der Waals surface area contributed by atoms with Crippen molar-refractivity contribution >= 4 is 43.7 Å². The van der Waals surface area contributed by atoms with Crippen molar-refractivity contribution in [3.8, 4) is 51.0 Å². The van der Waals surface area contributed by atoms with E-state index in [1.165, 1.54) is 5.56 Å². The van der Waals surface area contributed by atoms with Gasteiger partial charge >= 0.3 is 0 Å². The molecule has 0 radical (unpaired) electrons. The van der Waals surface area contributed by atoms with Gasteiger partial charge in [-0.15, -0.1) is 0 Å². The van der Waals surface area contributed by atoms with Crippen LogP contribution in [0.25, 0.3) is 94.7 Å². The van der Waals surface area contributed by atoms with Crippen LogP contribution >= 0.6 is 0 Å². The van der Waals surface area contributed by atoms with Gasteiger partial charge in [-0.2, -0.15) is 0 Å². The molecular formula is C45H28N4O. The monoisotopic (exact) mass is 640 g/mol. The molecule has 7 aromatic carbocycles. The first-order chi connectivity index (χ1) is 24.8. The molecule has 0 atom stereocenters. The Labute approximate surface area is 287 Å². The Balaban J connectivity index is 1.20. The van der Waals surface area contributed by atoms with Crippen LogP contribution in [0.4, 0.5) is 0 Å². The van der Waals surface area contributed by atoms with Crippen LogP contribution in [0.1, 0.15) is 0 Å². The molecule has 5 heteroatoms. The summed E-state index contributed by atoms with van der Waals surface area (Å²) in [6.45, 7) is 0. The number of rotatable bonds is 5. The topological polar surface area (TPSA) is 56.7 Å². The zero-order valence-electron chi connectivity index (χ0n) is 26.9. The molecule has 3 heterocycles. The molecule has 0 saturated heterocycles. The van der Waals surface area contributed by atoms with Gasteiger partial charge in [-0.05, 0) is 47.5 Å². The van der Waals surface area contributed by atoms with E-state index in [0.29, 0.717) is 17.5 Å². The summed E-state index contributed by atoms with van der Waals surface area (Å²) < 4.78 is 8.66. The highest BCUT2D eigenvalue weighted by Crippen LogP contribution is 2.40. The second-order valence-corrected chi connectivity index (χ2v) is 12.4. The summed E-state index contributed by atoms with van der Waals surface area (Å²) in [5.41, 5.74) is 10.0. The van der Waals surface area contributed by atoms with Gasteiger partial charge in [-0.1, -0.05) is 133 Å². The first kappa shape index (κ1) is 28.2. The number of furan rings is 1. The summed E-state index contributed by atoms with van der Waals surface area (Å²) in [5, 5.41) is 4.46. The molecule has 5 nitrogen and oxygen atoms in total. The van der Waals surface area contributed by atoms with Crippen molar-refractivity contribution in [2.24, 2.45) is 0 Å². The lowest BCUT2D eigenvalue weighted by molar-refractivity contribution is 0.669. The molecule has 0 saturated carbocycles. The molecule has 0 fully saturated rings.